The molecule has 1 atom stereocenters. The maximum atomic E-state index is 12.9. The number of carbonyl (C=O) groups excluding carboxylic acids is 2. The highest BCUT2D eigenvalue weighted by molar-refractivity contribution is 5.93. The number of hydrogen-bond acceptors (Lipinski definition) is 5. The Morgan fingerprint density at radius 3 is 2.30 bits per heavy atom. The first kappa shape index (κ1) is 20.8. The Morgan fingerprint density at radius 2 is 1.70 bits per heavy atom. The van der Waals surface area contributed by atoms with Gasteiger partial charge in [-0.3, -0.25) is 14.4 Å². The van der Waals surface area contributed by atoms with E-state index in [-0.39, 0.29) is 11.6 Å². The zero-order valence-electron chi connectivity index (χ0n) is 16.9. The average molecular weight is 406 g/mol. The van der Waals surface area contributed by atoms with Crippen molar-refractivity contribution in [1.82, 2.24) is 9.78 Å². The predicted octanol–water partition coefficient (Wildman–Crippen LogP) is 3.08. The summed E-state index contributed by atoms with van der Waals surface area (Å²) in [6, 6.07) is 16.6. The van der Waals surface area contributed by atoms with Gasteiger partial charge in [-0.1, -0.05) is 30.3 Å². The normalized spacial score (nSPS) is 11.4. The highest BCUT2D eigenvalue weighted by atomic mass is 16.5. The van der Waals surface area contributed by atoms with E-state index < -0.39 is 17.5 Å². The summed E-state index contributed by atoms with van der Waals surface area (Å²) in [5.41, 5.74) is 1.26. The van der Waals surface area contributed by atoms with Crippen molar-refractivity contribution in [2.45, 2.75) is 19.9 Å². The molecule has 0 fully saturated rings. The van der Waals surface area contributed by atoms with Crippen molar-refractivity contribution < 1.29 is 14.3 Å². The number of ether oxygens (including phenoxy) is 1. The molecule has 1 aromatic heterocycles. The van der Waals surface area contributed by atoms with Gasteiger partial charge in [0.1, 0.15) is 17.5 Å². The zero-order valence-corrected chi connectivity index (χ0v) is 16.9. The molecule has 0 aliphatic heterocycles. The summed E-state index contributed by atoms with van der Waals surface area (Å²) >= 11 is 0. The molecule has 3 aromatic rings. The third-order valence-electron chi connectivity index (χ3n) is 4.42. The lowest BCUT2D eigenvalue weighted by atomic mass is 10.1. The Kier molecular flexibility index (Phi) is 6.26. The Morgan fingerprint density at radius 1 is 1.03 bits per heavy atom. The fraction of sp³-hybridized carbons (Fsp3) is 0.182. The summed E-state index contributed by atoms with van der Waals surface area (Å²) in [6.45, 7) is 2.88. The van der Waals surface area contributed by atoms with Gasteiger partial charge in [0.2, 0.25) is 11.8 Å². The fourth-order valence-electron chi connectivity index (χ4n) is 2.84. The second-order valence-electron chi connectivity index (χ2n) is 6.63. The van der Waals surface area contributed by atoms with Gasteiger partial charge in [-0.15, -0.1) is 0 Å². The van der Waals surface area contributed by atoms with Crippen molar-refractivity contribution in [2.24, 2.45) is 0 Å². The minimum atomic E-state index is -0.921. The number of benzene rings is 2. The van der Waals surface area contributed by atoms with Crippen LogP contribution in [0, 0.1) is 0 Å². The van der Waals surface area contributed by atoms with Gasteiger partial charge in [0.25, 0.3) is 5.56 Å². The molecular weight excluding hydrogens is 384 g/mol. The second kappa shape index (κ2) is 9.04. The molecular formula is C22H22N4O4. The van der Waals surface area contributed by atoms with Gasteiger partial charge in [-0.05, 0) is 37.3 Å². The molecule has 0 aliphatic carbocycles. The molecule has 0 saturated heterocycles. The number of carbonyl (C=O) groups is 2. The van der Waals surface area contributed by atoms with Crippen molar-refractivity contribution in [1.29, 1.82) is 0 Å². The van der Waals surface area contributed by atoms with E-state index in [4.69, 9.17) is 4.74 Å². The lowest BCUT2D eigenvalue weighted by Crippen LogP contribution is -2.35. The van der Waals surface area contributed by atoms with Crippen molar-refractivity contribution in [3.8, 4) is 17.0 Å². The van der Waals surface area contributed by atoms with Crippen LogP contribution < -0.4 is 20.9 Å². The number of rotatable bonds is 6. The van der Waals surface area contributed by atoms with E-state index in [0.717, 1.165) is 10.2 Å². The number of nitrogens with zero attached hydrogens (tertiary/aromatic N) is 2. The molecule has 30 heavy (non-hydrogen) atoms. The molecule has 1 heterocycles. The van der Waals surface area contributed by atoms with E-state index in [1.165, 1.54) is 13.0 Å². The van der Waals surface area contributed by atoms with Crippen molar-refractivity contribution >= 4 is 23.2 Å². The van der Waals surface area contributed by atoms with Crippen LogP contribution in [0.3, 0.4) is 0 Å². The summed E-state index contributed by atoms with van der Waals surface area (Å²) in [5, 5.41) is 9.65. The number of methoxy groups -OCH3 is 1. The van der Waals surface area contributed by atoms with Crippen LogP contribution >= 0.6 is 0 Å². The highest BCUT2D eigenvalue weighted by Crippen LogP contribution is 2.20. The molecule has 8 heteroatoms. The van der Waals surface area contributed by atoms with Gasteiger partial charge in [0.15, 0.2) is 0 Å². The topological polar surface area (TPSA) is 102 Å². The second-order valence-corrected chi connectivity index (χ2v) is 6.63. The van der Waals surface area contributed by atoms with Crippen LogP contribution in [0.5, 0.6) is 5.75 Å². The van der Waals surface area contributed by atoms with Gasteiger partial charge in [0.05, 0.1) is 12.8 Å². The first-order valence-corrected chi connectivity index (χ1v) is 9.31. The maximum Gasteiger partial charge on any atom is 0.291 e. The smallest absolute Gasteiger partial charge is 0.291 e. The average Bonchev–Trinajstić information content (AvgIpc) is 2.75. The molecule has 0 unspecified atom stereocenters. The van der Waals surface area contributed by atoms with Crippen LogP contribution in [0.2, 0.25) is 0 Å². The molecule has 0 bridgehead atoms. The van der Waals surface area contributed by atoms with Crippen LogP contribution in [0.25, 0.3) is 11.3 Å². The van der Waals surface area contributed by atoms with Crippen molar-refractivity contribution in [3.63, 3.8) is 0 Å². The SMILES string of the molecule is COc1ccc(NC(=O)[C@@H](C)n2nc(-c3ccccc3)cc(NC(C)=O)c2=O)cc1. The van der Waals surface area contributed by atoms with Crippen molar-refractivity contribution in [2.75, 3.05) is 17.7 Å². The molecule has 0 spiro atoms. The van der Waals surface area contributed by atoms with Gasteiger partial charge >= 0.3 is 0 Å². The Hall–Kier alpha value is -3.94. The number of anilines is 2. The summed E-state index contributed by atoms with van der Waals surface area (Å²) in [7, 11) is 1.56. The maximum absolute atomic E-state index is 12.9. The first-order valence-electron chi connectivity index (χ1n) is 9.31. The van der Waals surface area contributed by atoms with E-state index in [9.17, 15) is 14.4 Å². The molecule has 0 radical (unpaired) electrons. The Balaban J connectivity index is 1.96. The number of nitrogens with one attached hydrogen (secondary N) is 2. The molecule has 2 aromatic carbocycles. The fourth-order valence-corrected chi connectivity index (χ4v) is 2.84. The van der Waals surface area contributed by atoms with Crippen LogP contribution in [-0.2, 0) is 9.59 Å². The third kappa shape index (κ3) is 4.72. The van der Waals surface area contributed by atoms with Crippen LogP contribution in [-0.4, -0.2) is 28.7 Å². The van der Waals surface area contributed by atoms with E-state index in [1.807, 2.05) is 30.3 Å². The lowest BCUT2D eigenvalue weighted by molar-refractivity contribution is -0.119. The summed E-state index contributed by atoms with van der Waals surface area (Å²) in [5.74, 6) is -0.151. The van der Waals surface area contributed by atoms with Gasteiger partial charge in [-0.2, -0.15) is 5.10 Å². The van der Waals surface area contributed by atoms with Gasteiger partial charge in [-0.25, -0.2) is 4.68 Å². The zero-order chi connectivity index (χ0) is 21.7. The van der Waals surface area contributed by atoms with Crippen molar-refractivity contribution in [3.05, 3.63) is 71.0 Å². The Labute approximate surface area is 173 Å². The van der Waals surface area contributed by atoms with Gasteiger partial charge < -0.3 is 15.4 Å². The Bertz CT molecular complexity index is 1110. The van der Waals surface area contributed by atoms with Crippen LogP contribution in [0.15, 0.2) is 65.5 Å². The monoisotopic (exact) mass is 406 g/mol. The quantitative estimate of drug-likeness (QED) is 0.655. The van der Waals surface area contributed by atoms with E-state index in [2.05, 4.69) is 15.7 Å². The van der Waals surface area contributed by atoms with Crippen LogP contribution in [0.4, 0.5) is 11.4 Å². The molecule has 3 rings (SSSR count). The molecule has 2 N–H and O–H groups in total. The lowest BCUT2D eigenvalue weighted by Gasteiger charge is -2.17. The van der Waals surface area contributed by atoms with E-state index >= 15 is 0 Å². The highest BCUT2D eigenvalue weighted by Gasteiger charge is 2.21. The van der Waals surface area contributed by atoms with Gasteiger partial charge in [0, 0.05) is 18.2 Å². The summed E-state index contributed by atoms with van der Waals surface area (Å²) < 4.78 is 6.18. The molecule has 154 valence electrons. The molecule has 0 saturated carbocycles. The molecule has 8 nitrogen and oxygen atoms in total. The third-order valence-corrected chi connectivity index (χ3v) is 4.42. The largest absolute Gasteiger partial charge is 0.497 e. The van der Waals surface area contributed by atoms with Crippen LogP contribution in [0.1, 0.15) is 19.9 Å². The van der Waals surface area contributed by atoms with E-state index in [0.29, 0.717) is 17.1 Å². The summed E-state index contributed by atoms with van der Waals surface area (Å²) in [4.78, 5) is 37.2. The minimum Gasteiger partial charge on any atom is -0.497 e. The predicted molar refractivity (Wildman–Crippen MR) is 115 cm³/mol. The standard InChI is InChI=1S/C22H22N4O4/c1-14(21(28)24-17-9-11-18(30-3)12-10-17)26-22(29)20(23-15(2)27)13-19(25-26)16-7-5-4-6-8-16/h4-14H,1-3H3,(H,23,27)(H,24,28)/t14-/m1/s1. The first-order chi connectivity index (χ1) is 14.4. The summed E-state index contributed by atoms with van der Waals surface area (Å²) in [6.07, 6.45) is 0. The number of hydrogen-bond donors (Lipinski definition) is 2. The minimum absolute atomic E-state index is 0.0560. The molecule has 0 aliphatic rings. The van der Waals surface area contributed by atoms with E-state index in [1.54, 1.807) is 38.3 Å². The number of amides is 2. The molecule has 2 amide bonds. The number of aromatic nitrogens is 2.